The normalized spacial score (nSPS) is 10.1. The molecule has 0 amide bonds. The van der Waals surface area contributed by atoms with Crippen LogP contribution in [0.15, 0.2) is 16.6 Å². The molecule has 1 aromatic rings. The fourth-order valence-electron chi connectivity index (χ4n) is 1.57. The minimum absolute atomic E-state index is 0.394. The Kier molecular flexibility index (Phi) is 4.16. The maximum atomic E-state index is 8.65. The van der Waals surface area contributed by atoms with E-state index in [0.29, 0.717) is 12.3 Å². The maximum Gasteiger partial charge on any atom is 0.123 e. The largest absolute Gasteiger partial charge is 0.496 e. The highest BCUT2D eigenvalue weighted by atomic mass is 79.9. The zero-order valence-corrected chi connectivity index (χ0v) is 10.8. The van der Waals surface area contributed by atoms with Gasteiger partial charge in [0.1, 0.15) is 5.75 Å². The van der Waals surface area contributed by atoms with E-state index in [-0.39, 0.29) is 0 Å². The molecule has 0 saturated carbocycles. The third-order valence-corrected chi connectivity index (χ3v) is 2.89. The fourth-order valence-corrected chi connectivity index (χ4v) is 2.52. The van der Waals surface area contributed by atoms with Crippen molar-refractivity contribution in [3.05, 3.63) is 27.7 Å². The Morgan fingerprint density at radius 1 is 1.47 bits per heavy atom. The van der Waals surface area contributed by atoms with Gasteiger partial charge in [0.05, 0.1) is 19.6 Å². The van der Waals surface area contributed by atoms with Gasteiger partial charge < -0.3 is 4.74 Å². The highest BCUT2D eigenvalue weighted by Gasteiger charge is 2.12. The van der Waals surface area contributed by atoms with Gasteiger partial charge >= 0.3 is 0 Å². The second-order valence-electron chi connectivity index (χ2n) is 3.68. The summed E-state index contributed by atoms with van der Waals surface area (Å²) in [4.78, 5) is 0. The lowest BCUT2D eigenvalue weighted by molar-refractivity contribution is 0.406. The molecule has 15 heavy (non-hydrogen) atoms. The molecular formula is C12H14BrNO. The van der Waals surface area contributed by atoms with Crippen molar-refractivity contribution in [1.82, 2.24) is 0 Å². The van der Waals surface area contributed by atoms with E-state index in [9.17, 15) is 0 Å². The fraction of sp³-hybridized carbons (Fsp3) is 0.417. The van der Waals surface area contributed by atoms with Crippen molar-refractivity contribution in [3.63, 3.8) is 0 Å². The smallest absolute Gasteiger partial charge is 0.123 e. The van der Waals surface area contributed by atoms with E-state index in [0.717, 1.165) is 21.3 Å². The van der Waals surface area contributed by atoms with Gasteiger partial charge in [-0.05, 0) is 23.6 Å². The van der Waals surface area contributed by atoms with Crippen LogP contribution in [0.25, 0.3) is 0 Å². The van der Waals surface area contributed by atoms with Crippen LogP contribution in [-0.4, -0.2) is 7.11 Å². The second kappa shape index (κ2) is 5.18. The van der Waals surface area contributed by atoms with E-state index in [2.05, 4.69) is 35.8 Å². The molecule has 0 aliphatic rings. The van der Waals surface area contributed by atoms with Gasteiger partial charge in [0.2, 0.25) is 0 Å². The molecule has 0 aliphatic heterocycles. The van der Waals surface area contributed by atoms with Crippen LogP contribution in [0.1, 0.15) is 30.9 Å². The molecule has 2 nitrogen and oxygen atoms in total. The van der Waals surface area contributed by atoms with Gasteiger partial charge in [0.15, 0.2) is 0 Å². The summed E-state index contributed by atoms with van der Waals surface area (Å²) < 4.78 is 6.35. The lowest BCUT2D eigenvalue weighted by Crippen LogP contribution is -1.97. The first kappa shape index (κ1) is 12.1. The quantitative estimate of drug-likeness (QED) is 0.838. The van der Waals surface area contributed by atoms with Gasteiger partial charge in [-0.1, -0.05) is 29.8 Å². The van der Waals surface area contributed by atoms with Crippen LogP contribution < -0.4 is 4.74 Å². The lowest BCUT2D eigenvalue weighted by atomic mass is 9.99. The predicted molar refractivity (Wildman–Crippen MR) is 64.1 cm³/mol. The summed E-state index contributed by atoms with van der Waals surface area (Å²) in [7, 11) is 1.66. The van der Waals surface area contributed by atoms with E-state index >= 15 is 0 Å². The zero-order chi connectivity index (χ0) is 11.4. The predicted octanol–water partition coefficient (Wildman–Crippen LogP) is 3.65. The maximum absolute atomic E-state index is 8.65. The number of halogens is 1. The first-order chi connectivity index (χ1) is 7.10. The van der Waals surface area contributed by atoms with Crippen LogP contribution in [0.5, 0.6) is 5.75 Å². The standard InChI is InChI=1S/C12H14BrNO/c1-8(2)12-10(13)6-9(4-5-14)7-11(12)15-3/h6-8H,4H2,1-3H3. The molecule has 0 aliphatic carbocycles. The van der Waals surface area contributed by atoms with E-state index < -0.39 is 0 Å². The van der Waals surface area contributed by atoms with Gasteiger partial charge in [0.25, 0.3) is 0 Å². The van der Waals surface area contributed by atoms with Crippen LogP contribution in [0.4, 0.5) is 0 Å². The number of nitriles is 1. The molecule has 0 atom stereocenters. The van der Waals surface area contributed by atoms with Gasteiger partial charge in [-0.3, -0.25) is 0 Å². The molecule has 0 bridgehead atoms. The van der Waals surface area contributed by atoms with E-state index in [4.69, 9.17) is 10.00 Å². The number of nitrogens with zero attached hydrogens (tertiary/aromatic N) is 1. The average molecular weight is 268 g/mol. The van der Waals surface area contributed by atoms with Crippen LogP contribution >= 0.6 is 15.9 Å². The third kappa shape index (κ3) is 2.73. The number of benzene rings is 1. The van der Waals surface area contributed by atoms with Gasteiger partial charge in [-0.25, -0.2) is 0 Å². The van der Waals surface area contributed by atoms with E-state index in [1.807, 2.05) is 12.1 Å². The summed E-state index contributed by atoms with van der Waals surface area (Å²) in [6.45, 7) is 4.24. The first-order valence-electron chi connectivity index (χ1n) is 4.83. The molecule has 0 N–H and O–H groups in total. The molecule has 3 heteroatoms. The summed E-state index contributed by atoms with van der Waals surface area (Å²) in [6, 6.07) is 6.06. The molecule has 0 fully saturated rings. The molecule has 0 radical (unpaired) electrons. The molecule has 1 aromatic carbocycles. The van der Waals surface area contributed by atoms with E-state index in [1.165, 1.54) is 0 Å². The van der Waals surface area contributed by atoms with Crippen LogP contribution in [0, 0.1) is 11.3 Å². The minimum atomic E-state index is 0.394. The van der Waals surface area contributed by atoms with E-state index in [1.54, 1.807) is 7.11 Å². The van der Waals surface area contributed by atoms with Crippen molar-refractivity contribution < 1.29 is 4.74 Å². The van der Waals surface area contributed by atoms with Crippen molar-refractivity contribution in [3.8, 4) is 11.8 Å². The van der Waals surface area contributed by atoms with Crippen molar-refractivity contribution in [2.24, 2.45) is 0 Å². The summed E-state index contributed by atoms with van der Waals surface area (Å²) in [5.41, 5.74) is 2.13. The monoisotopic (exact) mass is 267 g/mol. The topological polar surface area (TPSA) is 33.0 Å². The Balaban J connectivity index is 3.25. The number of hydrogen-bond donors (Lipinski definition) is 0. The summed E-state index contributed by atoms with van der Waals surface area (Å²) in [5, 5.41) is 8.65. The van der Waals surface area contributed by atoms with Crippen molar-refractivity contribution in [1.29, 1.82) is 5.26 Å². The lowest BCUT2D eigenvalue weighted by Gasteiger charge is -2.15. The average Bonchev–Trinajstić information content (AvgIpc) is 2.16. The highest BCUT2D eigenvalue weighted by molar-refractivity contribution is 9.10. The molecular weight excluding hydrogens is 254 g/mol. The SMILES string of the molecule is COc1cc(CC#N)cc(Br)c1C(C)C. The molecule has 0 saturated heterocycles. The van der Waals surface area contributed by atoms with Crippen molar-refractivity contribution in [2.45, 2.75) is 26.2 Å². The number of rotatable bonds is 3. The molecule has 0 heterocycles. The highest BCUT2D eigenvalue weighted by Crippen LogP contribution is 2.34. The Morgan fingerprint density at radius 3 is 2.60 bits per heavy atom. The number of ether oxygens (including phenoxy) is 1. The Morgan fingerprint density at radius 2 is 2.13 bits per heavy atom. The zero-order valence-electron chi connectivity index (χ0n) is 9.17. The molecule has 0 spiro atoms. The van der Waals surface area contributed by atoms with Crippen LogP contribution in [0.2, 0.25) is 0 Å². The van der Waals surface area contributed by atoms with Crippen LogP contribution in [-0.2, 0) is 6.42 Å². The second-order valence-corrected chi connectivity index (χ2v) is 4.54. The third-order valence-electron chi connectivity index (χ3n) is 2.23. The summed E-state index contributed by atoms with van der Waals surface area (Å²) >= 11 is 3.52. The summed E-state index contributed by atoms with van der Waals surface area (Å²) in [5.74, 6) is 1.25. The Hall–Kier alpha value is -1.01. The van der Waals surface area contributed by atoms with Crippen LogP contribution in [0.3, 0.4) is 0 Å². The van der Waals surface area contributed by atoms with Crippen molar-refractivity contribution in [2.75, 3.05) is 7.11 Å². The van der Waals surface area contributed by atoms with Gasteiger partial charge in [-0.15, -0.1) is 0 Å². The first-order valence-corrected chi connectivity index (χ1v) is 5.62. The minimum Gasteiger partial charge on any atom is -0.496 e. The number of methoxy groups -OCH3 is 1. The molecule has 0 aromatic heterocycles. The molecule has 0 unspecified atom stereocenters. The molecule has 1 rings (SSSR count). The Bertz CT molecular complexity index is 393. The Labute approximate surface area is 99.0 Å². The van der Waals surface area contributed by atoms with Gasteiger partial charge in [-0.2, -0.15) is 5.26 Å². The van der Waals surface area contributed by atoms with Crippen molar-refractivity contribution >= 4 is 15.9 Å². The summed E-state index contributed by atoms with van der Waals surface area (Å²) in [6.07, 6.45) is 0.410. The molecule has 80 valence electrons. The number of hydrogen-bond acceptors (Lipinski definition) is 2. The van der Waals surface area contributed by atoms with Gasteiger partial charge in [0, 0.05) is 10.0 Å².